The fourth-order valence-electron chi connectivity index (χ4n) is 1.06. The molecular weight excluding hydrogens is 257 g/mol. The largest absolute Gasteiger partial charge is 0.441 e. The first-order valence-corrected chi connectivity index (χ1v) is 12.4. The van der Waals surface area contributed by atoms with Crippen molar-refractivity contribution in [2.45, 2.75) is 44.8 Å². The van der Waals surface area contributed by atoms with Gasteiger partial charge < -0.3 is 8.23 Å². The molecule has 8 heteroatoms. The summed E-state index contributed by atoms with van der Waals surface area (Å²) >= 11 is 0. The smallest absolute Gasteiger partial charge is 0.389 e. The highest BCUT2D eigenvalue weighted by molar-refractivity contribution is 6.67. The summed E-state index contributed by atoms with van der Waals surface area (Å²) in [7, 11) is -4.61. The van der Waals surface area contributed by atoms with Crippen LogP contribution < -0.4 is 0 Å². The van der Waals surface area contributed by atoms with E-state index in [2.05, 4.69) is 0 Å². The molecule has 0 bridgehead atoms. The summed E-state index contributed by atoms with van der Waals surface area (Å²) in [6.07, 6.45) is -4.86. The third-order valence-corrected chi connectivity index (χ3v) is 9.05. The van der Waals surface area contributed by atoms with Crippen LogP contribution in [0.3, 0.4) is 0 Å². The Labute approximate surface area is 94.1 Å². The Morgan fingerprint density at radius 2 is 1.33 bits per heavy atom. The zero-order valence-corrected chi connectivity index (χ0v) is 13.1. The molecule has 0 heterocycles. The van der Waals surface area contributed by atoms with Crippen LogP contribution in [0.15, 0.2) is 0 Å². The molecule has 0 radical (unpaired) electrons. The number of halogens is 3. The highest BCUT2D eigenvalue weighted by Crippen LogP contribution is 2.23. The van der Waals surface area contributed by atoms with E-state index in [9.17, 15) is 13.2 Å². The quantitative estimate of drug-likeness (QED) is 0.692. The van der Waals surface area contributed by atoms with Gasteiger partial charge in [0.2, 0.25) is 0 Å². The van der Waals surface area contributed by atoms with Crippen LogP contribution in [0.1, 0.15) is 6.42 Å². The predicted octanol–water partition coefficient (Wildman–Crippen LogP) is 2.16. The SMILES string of the molecule is C[SiH](C)O[SiH](CCC(F)(F)F)O[SiH](C)C. The molecule has 0 aromatic heterocycles. The van der Waals surface area contributed by atoms with Crippen molar-refractivity contribution < 1.29 is 21.4 Å². The molecule has 0 fully saturated rings. The van der Waals surface area contributed by atoms with E-state index in [4.69, 9.17) is 8.23 Å². The van der Waals surface area contributed by atoms with Gasteiger partial charge in [-0.1, -0.05) is 0 Å². The van der Waals surface area contributed by atoms with E-state index < -0.39 is 40.0 Å². The minimum atomic E-state index is -4.09. The van der Waals surface area contributed by atoms with Crippen molar-refractivity contribution in [2.75, 3.05) is 0 Å². The molecule has 0 unspecified atom stereocenters. The standard InChI is InChI=1S/C7H19F3O2Si3/c1-13(2)11-15(12-14(3)4)6-5-7(8,9)10/h13-15H,5-6H2,1-4H3. The summed E-state index contributed by atoms with van der Waals surface area (Å²) in [6, 6.07) is 0.0554. The summed E-state index contributed by atoms with van der Waals surface area (Å²) < 4.78 is 47.2. The second kappa shape index (κ2) is 6.84. The Morgan fingerprint density at radius 3 is 1.60 bits per heavy atom. The number of rotatable bonds is 6. The lowest BCUT2D eigenvalue weighted by Crippen LogP contribution is -2.33. The zero-order chi connectivity index (χ0) is 12.1. The van der Waals surface area contributed by atoms with Gasteiger partial charge in [0.1, 0.15) is 0 Å². The number of alkyl halides is 3. The lowest BCUT2D eigenvalue weighted by molar-refractivity contribution is -0.131. The van der Waals surface area contributed by atoms with Crippen molar-refractivity contribution in [3.05, 3.63) is 0 Å². The van der Waals surface area contributed by atoms with E-state index in [0.717, 1.165) is 0 Å². The number of hydrogen-bond donors (Lipinski definition) is 0. The maximum Gasteiger partial charge on any atom is 0.389 e. The van der Waals surface area contributed by atoms with Gasteiger partial charge in [-0.05, 0) is 32.2 Å². The van der Waals surface area contributed by atoms with E-state index in [0.29, 0.717) is 0 Å². The molecule has 0 spiro atoms. The van der Waals surface area contributed by atoms with E-state index in [1.54, 1.807) is 0 Å². The summed E-state index contributed by atoms with van der Waals surface area (Å²) in [5.41, 5.74) is 0. The third-order valence-electron chi connectivity index (χ3n) is 1.51. The van der Waals surface area contributed by atoms with Gasteiger partial charge in [-0.15, -0.1) is 0 Å². The van der Waals surface area contributed by atoms with Crippen LogP contribution in [0, 0.1) is 0 Å². The highest BCUT2D eigenvalue weighted by atomic mass is 28.4. The Balaban J connectivity index is 4.01. The second-order valence-electron chi connectivity index (χ2n) is 3.95. The van der Waals surface area contributed by atoms with Crippen LogP contribution in [0.5, 0.6) is 0 Å². The normalized spacial score (nSPS) is 13.2. The number of hydrogen-bond acceptors (Lipinski definition) is 2. The molecule has 15 heavy (non-hydrogen) atoms. The van der Waals surface area contributed by atoms with Gasteiger partial charge in [-0.2, -0.15) is 13.2 Å². The maximum atomic E-state index is 12.0. The van der Waals surface area contributed by atoms with E-state index in [1.807, 2.05) is 26.2 Å². The Bertz CT molecular complexity index is 165. The van der Waals surface area contributed by atoms with E-state index >= 15 is 0 Å². The minimum absolute atomic E-state index is 0.0554. The molecule has 0 aromatic carbocycles. The molecule has 0 aliphatic carbocycles. The molecule has 0 saturated heterocycles. The molecule has 0 atom stereocenters. The maximum absolute atomic E-state index is 12.0. The predicted molar refractivity (Wildman–Crippen MR) is 62.6 cm³/mol. The fraction of sp³-hybridized carbons (Fsp3) is 1.00. The molecule has 2 nitrogen and oxygen atoms in total. The molecule has 0 saturated carbocycles. The molecule has 0 aromatic rings. The molecule has 92 valence electrons. The van der Waals surface area contributed by atoms with Crippen molar-refractivity contribution in [3.63, 3.8) is 0 Å². The lowest BCUT2D eigenvalue weighted by atomic mass is 10.5. The first-order chi connectivity index (χ1) is 6.70. The summed E-state index contributed by atoms with van der Waals surface area (Å²) in [5, 5.41) is 0. The van der Waals surface area contributed by atoms with Crippen molar-refractivity contribution in [2.24, 2.45) is 0 Å². The average Bonchev–Trinajstić information content (AvgIpc) is 1.96. The molecule has 0 rings (SSSR count). The first kappa shape index (κ1) is 15.4. The summed E-state index contributed by atoms with van der Waals surface area (Å²) in [6.45, 7) is 7.83. The second-order valence-corrected chi connectivity index (χ2v) is 11.8. The van der Waals surface area contributed by atoms with Gasteiger partial charge in [0.25, 0.3) is 0 Å². The summed E-state index contributed by atoms with van der Waals surface area (Å²) in [4.78, 5) is 0. The van der Waals surface area contributed by atoms with Crippen LogP contribution in [-0.4, -0.2) is 33.5 Å². The van der Waals surface area contributed by atoms with Crippen LogP contribution in [0.2, 0.25) is 32.2 Å². The van der Waals surface area contributed by atoms with E-state index in [1.165, 1.54) is 0 Å². The van der Waals surface area contributed by atoms with Crippen LogP contribution >= 0.6 is 0 Å². The highest BCUT2D eigenvalue weighted by Gasteiger charge is 2.30. The van der Waals surface area contributed by atoms with Crippen molar-refractivity contribution >= 4 is 27.4 Å². The molecule has 0 amide bonds. The van der Waals surface area contributed by atoms with Gasteiger partial charge in [-0.3, -0.25) is 0 Å². The zero-order valence-electron chi connectivity index (χ0n) is 9.60. The van der Waals surface area contributed by atoms with Gasteiger partial charge in [-0.25, -0.2) is 0 Å². The minimum Gasteiger partial charge on any atom is -0.441 e. The molecule has 0 aliphatic rings. The topological polar surface area (TPSA) is 18.5 Å². The van der Waals surface area contributed by atoms with Crippen LogP contribution in [-0.2, 0) is 8.23 Å². The molecular formula is C7H19F3O2Si3. The van der Waals surface area contributed by atoms with E-state index in [-0.39, 0.29) is 6.04 Å². The summed E-state index contributed by atoms with van der Waals surface area (Å²) in [5.74, 6) is 0. The monoisotopic (exact) mass is 276 g/mol. The Kier molecular flexibility index (Phi) is 7.00. The van der Waals surface area contributed by atoms with Gasteiger partial charge in [0.05, 0.1) is 0 Å². The van der Waals surface area contributed by atoms with Gasteiger partial charge in [0, 0.05) is 6.42 Å². The Hall–Kier alpha value is 0.361. The fourth-order valence-corrected chi connectivity index (χ4v) is 8.40. The lowest BCUT2D eigenvalue weighted by Gasteiger charge is -2.21. The third kappa shape index (κ3) is 10.6. The molecule has 0 N–H and O–H groups in total. The van der Waals surface area contributed by atoms with Crippen molar-refractivity contribution in [1.29, 1.82) is 0 Å². The van der Waals surface area contributed by atoms with Crippen molar-refractivity contribution in [1.82, 2.24) is 0 Å². The van der Waals surface area contributed by atoms with Gasteiger partial charge >= 0.3 is 15.5 Å². The van der Waals surface area contributed by atoms with Crippen LogP contribution in [0.25, 0.3) is 0 Å². The van der Waals surface area contributed by atoms with Gasteiger partial charge in [0.15, 0.2) is 18.1 Å². The van der Waals surface area contributed by atoms with Crippen molar-refractivity contribution in [3.8, 4) is 0 Å². The first-order valence-electron chi connectivity index (χ1n) is 5.08. The average molecular weight is 276 g/mol. The molecule has 0 aliphatic heterocycles. The van der Waals surface area contributed by atoms with Crippen LogP contribution in [0.4, 0.5) is 13.2 Å². The Morgan fingerprint density at radius 1 is 0.933 bits per heavy atom.